The minimum atomic E-state index is -1.14. The van der Waals surface area contributed by atoms with Gasteiger partial charge in [0.1, 0.15) is 12.6 Å². The Morgan fingerprint density at radius 1 is 0.909 bits per heavy atom. The molecule has 0 aromatic carbocycles. The van der Waals surface area contributed by atoms with Crippen molar-refractivity contribution in [2.75, 3.05) is 52.9 Å². The molecule has 0 radical (unpaired) electrons. The Balaban J connectivity index is 3.25. The lowest BCUT2D eigenvalue weighted by Crippen LogP contribution is -2.30. The van der Waals surface area contributed by atoms with Gasteiger partial charge in [0, 0.05) is 6.42 Å². The zero-order chi connectivity index (χ0) is 16.6. The maximum atomic E-state index is 11.2. The van der Waals surface area contributed by atoms with Crippen molar-refractivity contribution in [2.45, 2.75) is 18.9 Å². The molecule has 0 saturated heterocycles. The molecule has 0 amide bonds. The SMILES string of the molecule is N[C@@H](CCC(=O)OCCOCCOCCOCCO)C(=O)O. The number of nitrogens with two attached hydrogens (primary N) is 1. The van der Waals surface area contributed by atoms with Gasteiger partial charge in [0.25, 0.3) is 0 Å². The van der Waals surface area contributed by atoms with Crippen molar-refractivity contribution in [2.24, 2.45) is 5.73 Å². The van der Waals surface area contributed by atoms with E-state index in [0.717, 1.165) is 0 Å². The molecule has 130 valence electrons. The molecule has 22 heavy (non-hydrogen) atoms. The van der Waals surface area contributed by atoms with Gasteiger partial charge < -0.3 is 34.9 Å². The lowest BCUT2D eigenvalue weighted by molar-refractivity contribution is -0.146. The van der Waals surface area contributed by atoms with Crippen LogP contribution in [0.4, 0.5) is 0 Å². The third-order valence-corrected chi connectivity index (χ3v) is 2.45. The van der Waals surface area contributed by atoms with Gasteiger partial charge in [-0.05, 0) is 6.42 Å². The van der Waals surface area contributed by atoms with Gasteiger partial charge in [0.15, 0.2) is 0 Å². The Morgan fingerprint density at radius 2 is 1.41 bits per heavy atom. The van der Waals surface area contributed by atoms with Crippen molar-refractivity contribution in [3.8, 4) is 0 Å². The van der Waals surface area contributed by atoms with E-state index in [0.29, 0.717) is 33.0 Å². The normalized spacial score (nSPS) is 12.1. The molecule has 0 heterocycles. The standard InChI is InChI=1S/C13H25NO8/c14-11(13(17)18)1-2-12(16)22-10-9-21-8-7-20-6-5-19-4-3-15/h11,15H,1-10,14H2,(H,17,18)/t11-/m0/s1. The number of hydrogen-bond donors (Lipinski definition) is 3. The number of carbonyl (C=O) groups excluding carboxylic acids is 1. The monoisotopic (exact) mass is 323 g/mol. The van der Waals surface area contributed by atoms with Gasteiger partial charge >= 0.3 is 11.9 Å². The second-order valence-corrected chi connectivity index (χ2v) is 4.26. The van der Waals surface area contributed by atoms with Crippen LogP contribution >= 0.6 is 0 Å². The maximum Gasteiger partial charge on any atom is 0.320 e. The second-order valence-electron chi connectivity index (χ2n) is 4.26. The van der Waals surface area contributed by atoms with Crippen LogP contribution in [0.25, 0.3) is 0 Å². The molecule has 0 aromatic rings. The average Bonchev–Trinajstić information content (AvgIpc) is 2.50. The molecule has 0 aliphatic rings. The Bertz CT molecular complexity index is 300. The molecule has 0 saturated carbocycles. The van der Waals surface area contributed by atoms with Crippen LogP contribution in [0.2, 0.25) is 0 Å². The van der Waals surface area contributed by atoms with Crippen LogP contribution in [0.5, 0.6) is 0 Å². The first-order valence-corrected chi connectivity index (χ1v) is 7.06. The summed E-state index contributed by atoms with van der Waals surface area (Å²) in [5.74, 6) is -1.64. The van der Waals surface area contributed by atoms with Gasteiger partial charge in [-0.3, -0.25) is 9.59 Å². The highest BCUT2D eigenvalue weighted by Gasteiger charge is 2.13. The number of aliphatic hydroxyl groups excluding tert-OH is 1. The molecule has 0 fully saturated rings. The molecule has 0 aliphatic heterocycles. The van der Waals surface area contributed by atoms with E-state index in [1.807, 2.05) is 0 Å². The number of carboxylic acid groups (broad SMARTS) is 1. The second kappa shape index (κ2) is 14.7. The van der Waals surface area contributed by atoms with Crippen molar-refractivity contribution in [3.63, 3.8) is 0 Å². The molecule has 9 heteroatoms. The highest BCUT2D eigenvalue weighted by molar-refractivity contribution is 5.75. The highest BCUT2D eigenvalue weighted by atomic mass is 16.6. The van der Waals surface area contributed by atoms with Crippen molar-refractivity contribution in [1.29, 1.82) is 0 Å². The molecular weight excluding hydrogens is 298 g/mol. The molecule has 9 nitrogen and oxygen atoms in total. The highest BCUT2D eigenvalue weighted by Crippen LogP contribution is 1.97. The number of carboxylic acids is 1. The molecule has 0 unspecified atom stereocenters. The largest absolute Gasteiger partial charge is 0.480 e. The molecule has 0 aromatic heterocycles. The first-order chi connectivity index (χ1) is 10.6. The Kier molecular flexibility index (Phi) is 13.8. The van der Waals surface area contributed by atoms with E-state index in [4.69, 9.17) is 34.9 Å². The summed E-state index contributed by atoms with van der Waals surface area (Å²) in [4.78, 5) is 21.7. The smallest absolute Gasteiger partial charge is 0.320 e. The van der Waals surface area contributed by atoms with Crippen LogP contribution in [0.15, 0.2) is 0 Å². The fourth-order valence-electron chi connectivity index (χ4n) is 1.29. The third-order valence-electron chi connectivity index (χ3n) is 2.45. The van der Waals surface area contributed by atoms with E-state index in [1.165, 1.54) is 0 Å². The maximum absolute atomic E-state index is 11.2. The minimum Gasteiger partial charge on any atom is -0.480 e. The number of aliphatic carboxylic acids is 1. The molecule has 0 aliphatic carbocycles. The van der Waals surface area contributed by atoms with Crippen LogP contribution in [0, 0.1) is 0 Å². The van der Waals surface area contributed by atoms with E-state index in [-0.39, 0.29) is 32.7 Å². The lowest BCUT2D eigenvalue weighted by atomic mass is 10.2. The molecule has 4 N–H and O–H groups in total. The van der Waals surface area contributed by atoms with Crippen molar-refractivity contribution < 1.29 is 38.7 Å². The van der Waals surface area contributed by atoms with Crippen LogP contribution in [-0.4, -0.2) is 81.0 Å². The fourth-order valence-corrected chi connectivity index (χ4v) is 1.29. The molecular formula is C13H25NO8. The van der Waals surface area contributed by atoms with Crippen LogP contribution in [-0.2, 0) is 28.5 Å². The molecule has 0 rings (SSSR count). The minimum absolute atomic E-state index is 0.00985. The van der Waals surface area contributed by atoms with Crippen LogP contribution < -0.4 is 5.73 Å². The van der Waals surface area contributed by atoms with Crippen molar-refractivity contribution in [3.05, 3.63) is 0 Å². The molecule has 0 spiro atoms. The van der Waals surface area contributed by atoms with Gasteiger partial charge in [-0.2, -0.15) is 0 Å². The number of carbonyl (C=O) groups is 2. The molecule has 1 atom stereocenters. The predicted molar refractivity (Wildman–Crippen MR) is 75.3 cm³/mol. The van der Waals surface area contributed by atoms with Gasteiger partial charge in [-0.1, -0.05) is 0 Å². The Morgan fingerprint density at radius 3 is 1.91 bits per heavy atom. The summed E-state index contributed by atoms with van der Waals surface area (Å²) < 4.78 is 20.2. The van der Waals surface area contributed by atoms with Crippen LogP contribution in [0.3, 0.4) is 0 Å². The summed E-state index contributed by atoms with van der Waals surface area (Å²) in [6.45, 7) is 2.21. The topological polar surface area (TPSA) is 138 Å². The lowest BCUT2D eigenvalue weighted by Gasteiger charge is -2.08. The summed E-state index contributed by atoms with van der Waals surface area (Å²) in [6.07, 6.45) is 0.00559. The summed E-state index contributed by atoms with van der Waals surface area (Å²) in [7, 11) is 0. The summed E-state index contributed by atoms with van der Waals surface area (Å²) in [5, 5.41) is 17.0. The van der Waals surface area contributed by atoms with Gasteiger partial charge in [0.2, 0.25) is 0 Å². The number of hydrogen-bond acceptors (Lipinski definition) is 8. The number of aliphatic hydroxyl groups is 1. The number of rotatable bonds is 15. The first-order valence-electron chi connectivity index (χ1n) is 7.06. The van der Waals surface area contributed by atoms with Gasteiger partial charge in [-0.15, -0.1) is 0 Å². The van der Waals surface area contributed by atoms with Gasteiger partial charge in [-0.25, -0.2) is 0 Å². The zero-order valence-electron chi connectivity index (χ0n) is 12.6. The van der Waals surface area contributed by atoms with Crippen molar-refractivity contribution in [1.82, 2.24) is 0 Å². The van der Waals surface area contributed by atoms with E-state index in [2.05, 4.69) is 0 Å². The van der Waals surface area contributed by atoms with E-state index in [9.17, 15) is 9.59 Å². The third kappa shape index (κ3) is 13.7. The quantitative estimate of drug-likeness (QED) is 0.249. The van der Waals surface area contributed by atoms with Crippen LogP contribution in [0.1, 0.15) is 12.8 Å². The first kappa shape index (κ1) is 20.7. The zero-order valence-corrected chi connectivity index (χ0v) is 12.6. The average molecular weight is 323 g/mol. The van der Waals surface area contributed by atoms with E-state index in [1.54, 1.807) is 0 Å². The number of esters is 1. The predicted octanol–water partition coefficient (Wildman–Crippen LogP) is -1.24. The fraction of sp³-hybridized carbons (Fsp3) is 0.846. The van der Waals surface area contributed by atoms with Gasteiger partial charge in [0.05, 0.1) is 46.2 Å². The van der Waals surface area contributed by atoms with E-state index < -0.39 is 18.0 Å². The van der Waals surface area contributed by atoms with Crippen molar-refractivity contribution >= 4 is 11.9 Å². The summed E-state index contributed by atoms with van der Waals surface area (Å²) >= 11 is 0. The number of ether oxygens (including phenoxy) is 4. The Labute approximate surface area is 129 Å². The Hall–Kier alpha value is -1.26. The summed E-state index contributed by atoms with van der Waals surface area (Å²) in [5.41, 5.74) is 5.26. The molecule has 0 bridgehead atoms. The van der Waals surface area contributed by atoms with E-state index >= 15 is 0 Å². The summed E-state index contributed by atoms with van der Waals surface area (Å²) in [6, 6.07) is -1.05.